The normalized spacial score (nSPS) is 17.6. The number of nitrogens with one attached hydrogen (secondary N) is 1. The van der Waals surface area contributed by atoms with Crippen molar-refractivity contribution < 1.29 is 9.59 Å². The summed E-state index contributed by atoms with van der Waals surface area (Å²) in [6.45, 7) is 8.52. The van der Waals surface area contributed by atoms with Crippen molar-refractivity contribution in [3.05, 3.63) is 35.2 Å². The lowest BCUT2D eigenvalue weighted by molar-refractivity contribution is -0.131. The van der Waals surface area contributed by atoms with Gasteiger partial charge in [0.1, 0.15) is 0 Å². The van der Waals surface area contributed by atoms with Crippen molar-refractivity contribution in [1.29, 1.82) is 0 Å². The maximum atomic E-state index is 12.7. The predicted octanol–water partition coefficient (Wildman–Crippen LogP) is 3.96. The lowest BCUT2D eigenvalue weighted by atomic mass is 10.1. The highest BCUT2D eigenvalue weighted by Crippen LogP contribution is 2.32. The molecule has 0 bridgehead atoms. The Morgan fingerprint density at radius 3 is 2.58 bits per heavy atom. The van der Waals surface area contributed by atoms with Crippen LogP contribution in [0.1, 0.15) is 39.0 Å². The van der Waals surface area contributed by atoms with Gasteiger partial charge in [-0.2, -0.15) is 0 Å². The molecule has 0 saturated carbocycles. The first-order chi connectivity index (χ1) is 12.3. The van der Waals surface area contributed by atoms with E-state index in [1.54, 1.807) is 4.90 Å². The second-order valence-electron chi connectivity index (χ2n) is 7.58. The fourth-order valence-corrected chi connectivity index (χ4v) is 4.13. The number of carbonyl (C=O) groups is 2. The Labute approximate surface area is 158 Å². The van der Waals surface area contributed by atoms with Crippen LogP contribution in [0, 0.1) is 5.92 Å². The van der Waals surface area contributed by atoms with Gasteiger partial charge >= 0.3 is 0 Å². The SMILES string of the molecule is CCc1sc(NC(=O)[C@H]2CC(=O)N(C(C)(C)C)C2)nc1-c1ccccc1. The van der Waals surface area contributed by atoms with Crippen molar-refractivity contribution in [2.45, 2.75) is 46.1 Å². The van der Waals surface area contributed by atoms with Crippen LogP contribution in [0.15, 0.2) is 30.3 Å². The summed E-state index contributed by atoms with van der Waals surface area (Å²) in [5.41, 5.74) is 1.71. The van der Waals surface area contributed by atoms with E-state index in [2.05, 4.69) is 17.2 Å². The number of aryl methyl sites for hydroxylation is 1. The van der Waals surface area contributed by atoms with Gasteiger partial charge in [-0.25, -0.2) is 4.98 Å². The van der Waals surface area contributed by atoms with Gasteiger partial charge in [-0.15, -0.1) is 11.3 Å². The largest absolute Gasteiger partial charge is 0.337 e. The number of amides is 2. The van der Waals surface area contributed by atoms with Gasteiger partial charge in [0.05, 0.1) is 11.6 Å². The molecule has 0 radical (unpaired) electrons. The van der Waals surface area contributed by atoms with Crippen LogP contribution in [-0.2, 0) is 16.0 Å². The maximum Gasteiger partial charge on any atom is 0.231 e. The molecule has 1 aliphatic rings. The highest BCUT2D eigenvalue weighted by molar-refractivity contribution is 7.16. The van der Waals surface area contributed by atoms with Crippen molar-refractivity contribution >= 4 is 28.3 Å². The topological polar surface area (TPSA) is 62.3 Å². The van der Waals surface area contributed by atoms with Crippen molar-refractivity contribution in [2.24, 2.45) is 5.92 Å². The van der Waals surface area contributed by atoms with Gasteiger partial charge in [0.25, 0.3) is 0 Å². The summed E-state index contributed by atoms with van der Waals surface area (Å²) in [4.78, 5) is 32.4. The lowest BCUT2D eigenvalue weighted by Crippen LogP contribution is -2.42. The number of hydrogen-bond donors (Lipinski definition) is 1. The molecular formula is C20H25N3O2S. The molecule has 0 aliphatic carbocycles. The van der Waals surface area contributed by atoms with Crippen LogP contribution >= 0.6 is 11.3 Å². The minimum atomic E-state index is -0.323. The molecule has 26 heavy (non-hydrogen) atoms. The molecule has 1 aliphatic heterocycles. The van der Waals surface area contributed by atoms with E-state index in [0.717, 1.165) is 22.6 Å². The Hall–Kier alpha value is -2.21. The molecule has 0 unspecified atom stereocenters. The molecule has 3 rings (SSSR count). The Morgan fingerprint density at radius 1 is 1.31 bits per heavy atom. The van der Waals surface area contributed by atoms with Crippen molar-refractivity contribution in [2.75, 3.05) is 11.9 Å². The van der Waals surface area contributed by atoms with Crippen LogP contribution in [0.4, 0.5) is 5.13 Å². The minimum Gasteiger partial charge on any atom is -0.337 e. The van der Waals surface area contributed by atoms with Gasteiger partial charge in [0.15, 0.2) is 5.13 Å². The van der Waals surface area contributed by atoms with Crippen LogP contribution in [-0.4, -0.2) is 33.8 Å². The van der Waals surface area contributed by atoms with Crippen LogP contribution in [0.25, 0.3) is 11.3 Å². The second-order valence-corrected chi connectivity index (χ2v) is 8.66. The molecule has 138 valence electrons. The fraction of sp³-hybridized carbons (Fsp3) is 0.450. The standard InChI is InChI=1S/C20H25N3O2S/c1-5-15-17(13-9-7-6-8-10-13)21-19(26-15)22-18(25)14-11-16(24)23(12-14)20(2,3)4/h6-10,14H,5,11-12H2,1-4H3,(H,21,22,25)/t14-/m0/s1. The summed E-state index contributed by atoms with van der Waals surface area (Å²) >= 11 is 1.51. The molecule has 1 saturated heterocycles. The zero-order valence-electron chi connectivity index (χ0n) is 15.7. The van der Waals surface area contributed by atoms with Crippen LogP contribution in [0.5, 0.6) is 0 Å². The number of anilines is 1. The molecule has 0 spiro atoms. The first-order valence-corrected chi connectivity index (χ1v) is 9.77. The van der Waals surface area contributed by atoms with Crippen LogP contribution in [0.2, 0.25) is 0 Å². The highest BCUT2D eigenvalue weighted by Gasteiger charge is 2.39. The molecule has 2 heterocycles. The zero-order chi connectivity index (χ0) is 18.9. The lowest BCUT2D eigenvalue weighted by Gasteiger charge is -2.31. The summed E-state index contributed by atoms with van der Waals surface area (Å²) in [6.07, 6.45) is 1.12. The zero-order valence-corrected chi connectivity index (χ0v) is 16.5. The Bertz CT molecular complexity index is 808. The Balaban J connectivity index is 1.75. The highest BCUT2D eigenvalue weighted by atomic mass is 32.1. The number of nitrogens with zero attached hydrogens (tertiary/aromatic N) is 2. The van der Waals surface area contributed by atoms with Crippen molar-refractivity contribution in [3.63, 3.8) is 0 Å². The second kappa shape index (κ2) is 7.19. The molecule has 2 aromatic rings. The van der Waals surface area contributed by atoms with Crippen LogP contribution < -0.4 is 5.32 Å². The third-order valence-electron chi connectivity index (χ3n) is 4.60. The quantitative estimate of drug-likeness (QED) is 0.885. The number of likely N-dealkylation sites (tertiary alicyclic amines) is 1. The van der Waals surface area contributed by atoms with Crippen molar-refractivity contribution in [1.82, 2.24) is 9.88 Å². The van der Waals surface area contributed by atoms with E-state index in [1.807, 2.05) is 51.1 Å². The number of thiazole rings is 1. The van der Waals surface area contributed by atoms with Gasteiger partial charge < -0.3 is 10.2 Å². The number of carbonyl (C=O) groups excluding carboxylic acids is 2. The summed E-state index contributed by atoms with van der Waals surface area (Å²) in [7, 11) is 0. The fourth-order valence-electron chi connectivity index (χ4n) is 3.21. The number of rotatable bonds is 4. The number of aromatic nitrogens is 1. The molecule has 1 fully saturated rings. The van der Waals surface area contributed by atoms with E-state index >= 15 is 0 Å². The third kappa shape index (κ3) is 3.80. The smallest absolute Gasteiger partial charge is 0.231 e. The van der Waals surface area contributed by atoms with E-state index in [4.69, 9.17) is 0 Å². The van der Waals surface area contributed by atoms with Crippen molar-refractivity contribution in [3.8, 4) is 11.3 Å². The molecule has 2 amide bonds. The first-order valence-electron chi connectivity index (χ1n) is 8.96. The van der Waals surface area contributed by atoms with Gasteiger partial charge in [0.2, 0.25) is 11.8 Å². The maximum absolute atomic E-state index is 12.7. The molecule has 1 atom stereocenters. The van der Waals surface area contributed by atoms with Gasteiger partial charge in [-0.1, -0.05) is 37.3 Å². The van der Waals surface area contributed by atoms with Crippen LogP contribution in [0.3, 0.4) is 0 Å². The van der Waals surface area contributed by atoms with E-state index in [0.29, 0.717) is 11.7 Å². The Kier molecular flexibility index (Phi) is 5.14. The summed E-state index contributed by atoms with van der Waals surface area (Å²) in [5, 5.41) is 3.53. The molecular weight excluding hydrogens is 346 g/mol. The molecule has 1 aromatic heterocycles. The summed E-state index contributed by atoms with van der Waals surface area (Å²) < 4.78 is 0. The first kappa shape index (κ1) is 18.6. The van der Waals surface area contributed by atoms with E-state index in [-0.39, 0.29) is 29.7 Å². The summed E-state index contributed by atoms with van der Waals surface area (Å²) in [6, 6.07) is 9.99. The molecule has 1 aromatic carbocycles. The Morgan fingerprint density at radius 2 is 2.00 bits per heavy atom. The van der Waals surface area contributed by atoms with Gasteiger partial charge in [0, 0.05) is 28.9 Å². The summed E-state index contributed by atoms with van der Waals surface area (Å²) in [5.74, 6) is -0.409. The van der Waals surface area contributed by atoms with E-state index < -0.39 is 0 Å². The minimum absolute atomic E-state index is 0.0380. The van der Waals surface area contributed by atoms with E-state index in [9.17, 15) is 9.59 Å². The average Bonchev–Trinajstić information content (AvgIpc) is 3.18. The molecule has 6 heteroatoms. The van der Waals surface area contributed by atoms with Gasteiger partial charge in [-0.3, -0.25) is 9.59 Å². The predicted molar refractivity (Wildman–Crippen MR) is 105 cm³/mol. The third-order valence-corrected chi connectivity index (χ3v) is 5.72. The molecule has 5 nitrogen and oxygen atoms in total. The molecule has 1 N–H and O–H groups in total. The number of hydrogen-bond acceptors (Lipinski definition) is 4. The number of benzene rings is 1. The average molecular weight is 372 g/mol. The van der Waals surface area contributed by atoms with Gasteiger partial charge in [-0.05, 0) is 27.2 Å². The monoisotopic (exact) mass is 371 g/mol. The van der Waals surface area contributed by atoms with E-state index in [1.165, 1.54) is 11.3 Å².